The molecule has 2 N–H and O–H groups in total. The molecule has 0 saturated carbocycles. The molecule has 0 aromatic rings. The number of unbranched alkanes of at least 4 members (excludes halogenated alkanes) is 4. The van der Waals surface area contributed by atoms with Crippen LogP contribution in [0.5, 0.6) is 0 Å². The van der Waals surface area contributed by atoms with Crippen LogP contribution in [0.4, 0.5) is 0 Å². The van der Waals surface area contributed by atoms with Crippen LogP contribution < -0.4 is 5.73 Å². The van der Waals surface area contributed by atoms with E-state index < -0.39 is 17.4 Å². The Kier molecular flexibility index (Phi) is 5.51. The first-order valence-corrected chi connectivity index (χ1v) is 9.81. The molecule has 0 aromatic heterocycles. The van der Waals surface area contributed by atoms with E-state index in [1.165, 1.54) is 25.7 Å². The molecule has 5 atom stereocenters. The van der Waals surface area contributed by atoms with Gasteiger partial charge in [0.2, 0.25) is 0 Å². The maximum Gasteiger partial charge on any atom is 0.200 e. The summed E-state index contributed by atoms with van der Waals surface area (Å²) >= 11 is 0. The molecule has 6 nitrogen and oxygen atoms in total. The van der Waals surface area contributed by atoms with Gasteiger partial charge in [0.05, 0.1) is 12.6 Å². The zero-order chi connectivity index (χ0) is 18.3. The van der Waals surface area contributed by atoms with E-state index in [-0.39, 0.29) is 24.4 Å². The predicted molar refractivity (Wildman–Crippen MR) is 93.9 cm³/mol. The van der Waals surface area contributed by atoms with Crippen molar-refractivity contribution in [1.82, 2.24) is 0 Å². The van der Waals surface area contributed by atoms with Gasteiger partial charge in [-0.1, -0.05) is 32.6 Å². The molecular formula is C19H35NO5. The van der Waals surface area contributed by atoms with Crippen LogP contribution in [0.3, 0.4) is 0 Å². The molecule has 0 unspecified atom stereocenters. The average molecular weight is 357 g/mol. The van der Waals surface area contributed by atoms with E-state index in [9.17, 15) is 0 Å². The van der Waals surface area contributed by atoms with Crippen LogP contribution in [0.2, 0.25) is 0 Å². The summed E-state index contributed by atoms with van der Waals surface area (Å²) in [6.45, 7) is 10.4. The van der Waals surface area contributed by atoms with Crippen molar-refractivity contribution >= 4 is 0 Å². The standard InChI is InChI=1S/C19H35NO5/c1-6-7-8-9-10-11-19-16(24-18(4,5)25-19)14(20)15(23-19)13-12-21-17(2,3)22-13/h13-16H,6-12,20H2,1-5H3/t13-,14-,15-,16-,19-/m1/s1. The Balaban J connectivity index is 1.67. The van der Waals surface area contributed by atoms with Gasteiger partial charge < -0.3 is 29.4 Å². The van der Waals surface area contributed by atoms with Crippen LogP contribution in [-0.2, 0) is 23.7 Å². The van der Waals surface area contributed by atoms with E-state index >= 15 is 0 Å². The highest BCUT2D eigenvalue weighted by atomic mass is 16.9. The first-order valence-electron chi connectivity index (χ1n) is 9.81. The maximum absolute atomic E-state index is 6.53. The SMILES string of the molecule is CCCCCCC[C@]12O[C@H]([C@H]3COC(C)(C)O3)[C@@H](N)[C@H]1OC(C)(C)O2. The first-order chi connectivity index (χ1) is 11.7. The summed E-state index contributed by atoms with van der Waals surface area (Å²) < 4.78 is 30.5. The fraction of sp³-hybridized carbons (Fsp3) is 1.00. The second kappa shape index (κ2) is 7.06. The zero-order valence-electron chi connectivity index (χ0n) is 16.4. The lowest BCUT2D eigenvalue weighted by Gasteiger charge is -2.30. The van der Waals surface area contributed by atoms with E-state index in [4.69, 9.17) is 29.4 Å². The van der Waals surface area contributed by atoms with Gasteiger partial charge in [-0.2, -0.15) is 0 Å². The lowest BCUT2D eigenvalue weighted by Crippen LogP contribution is -2.48. The molecule has 3 fully saturated rings. The van der Waals surface area contributed by atoms with Crippen LogP contribution in [-0.4, -0.2) is 48.3 Å². The van der Waals surface area contributed by atoms with Crippen molar-refractivity contribution in [3.8, 4) is 0 Å². The average Bonchev–Trinajstić information content (AvgIpc) is 3.08. The Morgan fingerprint density at radius 2 is 1.64 bits per heavy atom. The van der Waals surface area contributed by atoms with Crippen molar-refractivity contribution in [2.75, 3.05) is 6.61 Å². The topological polar surface area (TPSA) is 72.2 Å². The van der Waals surface area contributed by atoms with Gasteiger partial charge in [0.1, 0.15) is 18.3 Å². The minimum atomic E-state index is -0.768. The third kappa shape index (κ3) is 4.04. The third-order valence-corrected chi connectivity index (χ3v) is 5.35. The molecule has 3 heterocycles. The van der Waals surface area contributed by atoms with Crippen LogP contribution >= 0.6 is 0 Å². The van der Waals surface area contributed by atoms with Gasteiger partial charge in [-0.25, -0.2) is 0 Å². The molecule has 0 aliphatic carbocycles. The van der Waals surface area contributed by atoms with Crippen molar-refractivity contribution < 1.29 is 23.7 Å². The van der Waals surface area contributed by atoms with Gasteiger partial charge in [0.15, 0.2) is 17.4 Å². The molecule has 0 aromatic carbocycles. The van der Waals surface area contributed by atoms with Gasteiger partial charge >= 0.3 is 0 Å². The number of rotatable bonds is 7. The molecule has 0 bridgehead atoms. The molecule has 3 rings (SSSR count). The lowest BCUT2D eigenvalue weighted by atomic mass is 9.96. The van der Waals surface area contributed by atoms with Crippen LogP contribution in [0.1, 0.15) is 73.1 Å². The van der Waals surface area contributed by atoms with Crippen molar-refractivity contribution in [2.45, 2.75) is 115 Å². The molecule has 0 spiro atoms. The number of ether oxygens (including phenoxy) is 5. The van der Waals surface area contributed by atoms with Gasteiger partial charge in [-0.3, -0.25) is 0 Å². The largest absolute Gasteiger partial charge is 0.348 e. The van der Waals surface area contributed by atoms with Gasteiger partial charge in [0, 0.05) is 6.42 Å². The van der Waals surface area contributed by atoms with Gasteiger partial charge in [0.25, 0.3) is 0 Å². The Bertz CT molecular complexity index is 469. The number of hydrogen-bond acceptors (Lipinski definition) is 6. The van der Waals surface area contributed by atoms with E-state index in [1.54, 1.807) is 0 Å². The summed E-state index contributed by atoms with van der Waals surface area (Å²) in [6.07, 6.45) is 6.02. The molecule has 3 saturated heterocycles. The molecule has 25 heavy (non-hydrogen) atoms. The van der Waals surface area contributed by atoms with Gasteiger partial charge in [-0.05, 0) is 34.1 Å². The lowest BCUT2D eigenvalue weighted by molar-refractivity contribution is -0.274. The summed E-state index contributed by atoms with van der Waals surface area (Å²) in [6, 6.07) is -0.292. The normalized spacial score (nSPS) is 42.0. The van der Waals surface area contributed by atoms with Crippen molar-refractivity contribution in [2.24, 2.45) is 5.73 Å². The minimum absolute atomic E-state index is 0.192. The highest BCUT2D eigenvalue weighted by Gasteiger charge is 2.65. The number of nitrogens with two attached hydrogens (primary N) is 1. The molecule has 0 radical (unpaired) electrons. The molecule has 0 amide bonds. The summed E-state index contributed by atoms with van der Waals surface area (Å²) in [7, 11) is 0. The summed E-state index contributed by atoms with van der Waals surface area (Å²) in [5, 5.41) is 0. The minimum Gasteiger partial charge on any atom is -0.348 e. The summed E-state index contributed by atoms with van der Waals surface area (Å²) in [5.41, 5.74) is 6.53. The second-order valence-corrected chi connectivity index (χ2v) is 8.54. The fourth-order valence-electron chi connectivity index (χ4n) is 4.27. The molecule has 6 heteroatoms. The Morgan fingerprint density at radius 3 is 2.28 bits per heavy atom. The van der Waals surface area contributed by atoms with Crippen LogP contribution in [0, 0.1) is 0 Å². The summed E-state index contributed by atoms with van der Waals surface area (Å²) in [5.74, 6) is -2.04. The first kappa shape index (κ1) is 19.5. The van der Waals surface area contributed by atoms with Crippen LogP contribution in [0.25, 0.3) is 0 Å². The van der Waals surface area contributed by atoms with E-state index in [0.29, 0.717) is 6.61 Å². The quantitative estimate of drug-likeness (QED) is 0.706. The van der Waals surface area contributed by atoms with E-state index in [2.05, 4.69) is 6.92 Å². The Morgan fingerprint density at radius 1 is 0.920 bits per heavy atom. The fourth-order valence-corrected chi connectivity index (χ4v) is 4.27. The monoisotopic (exact) mass is 357 g/mol. The van der Waals surface area contributed by atoms with Gasteiger partial charge in [-0.15, -0.1) is 0 Å². The molecule has 3 aliphatic rings. The second-order valence-electron chi connectivity index (χ2n) is 8.54. The summed E-state index contributed by atoms with van der Waals surface area (Å²) in [4.78, 5) is 0. The maximum atomic E-state index is 6.53. The highest BCUT2D eigenvalue weighted by molar-refractivity contribution is 5.07. The predicted octanol–water partition coefficient (Wildman–Crippen LogP) is 3.07. The smallest absolute Gasteiger partial charge is 0.200 e. The van der Waals surface area contributed by atoms with Crippen LogP contribution in [0.15, 0.2) is 0 Å². The third-order valence-electron chi connectivity index (χ3n) is 5.35. The number of hydrogen-bond donors (Lipinski definition) is 1. The zero-order valence-corrected chi connectivity index (χ0v) is 16.4. The number of fused-ring (bicyclic) bond motifs is 1. The van der Waals surface area contributed by atoms with Crippen molar-refractivity contribution in [1.29, 1.82) is 0 Å². The molecule has 146 valence electrons. The molecular weight excluding hydrogens is 322 g/mol. The van der Waals surface area contributed by atoms with E-state index in [1.807, 2.05) is 27.7 Å². The highest BCUT2D eigenvalue weighted by Crippen LogP contribution is 2.49. The van der Waals surface area contributed by atoms with E-state index in [0.717, 1.165) is 12.8 Å². The Labute approximate surface area is 151 Å². The van der Waals surface area contributed by atoms with Crippen molar-refractivity contribution in [3.63, 3.8) is 0 Å². The molecule has 3 aliphatic heterocycles. The Hall–Kier alpha value is -0.240. The van der Waals surface area contributed by atoms with Crippen molar-refractivity contribution in [3.05, 3.63) is 0 Å².